The van der Waals surface area contributed by atoms with E-state index in [1.807, 2.05) is 30.5 Å². The third-order valence-corrected chi connectivity index (χ3v) is 2.42. The first-order chi connectivity index (χ1) is 5.04. The Morgan fingerprint density at radius 3 is 2.27 bits per heavy atom. The smallest absolute Gasteiger partial charge is 0.142 e. The van der Waals surface area contributed by atoms with Crippen LogP contribution in [0.4, 0.5) is 4.39 Å². The van der Waals surface area contributed by atoms with E-state index in [4.69, 9.17) is 0 Å². The van der Waals surface area contributed by atoms with Gasteiger partial charge < -0.3 is 0 Å². The van der Waals surface area contributed by atoms with Gasteiger partial charge in [-0.3, -0.25) is 0 Å². The predicted octanol–water partition coefficient (Wildman–Crippen LogP) is -3.09. The maximum atomic E-state index is 13.0. The molecule has 0 heterocycles. The van der Waals surface area contributed by atoms with Gasteiger partial charge >= 0.3 is 0 Å². The molecule has 54 valence electrons. The quantitative estimate of drug-likeness (QED) is 0.340. The fourth-order valence-electron chi connectivity index (χ4n) is 1.16. The Morgan fingerprint density at radius 1 is 1.18 bits per heavy atom. The van der Waals surface area contributed by atoms with Crippen molar-refractivity contribution < 1.29 is 4.39 Å². The second kappa shape index (κ2) is 2.76. The van der Waals surface area contributed by atoms with Gasteiger partial charge in [0.2, 0.25) is 0 Å². The van der Waals surface area contributed by atoms with E-state index in [1.165, 1.54) is 5.56 Å². The standard InChI is InChI=1S/C7H10B3F/c1-3-4(8)2-5(11)7(10)6(3)9/h2H,8-10H2,1H3. The summed E-state index contributed by atoms with van der Waals surface area (Å²) < 4.78 is 13.0. The van der Waals surface area contributed by atoms with Crippen LogP contribution < -0.4 is 16.4 Å². The van der Waals surface area contributed by atoms with Gasteiger partial charge in [0.25, 0.3) is 0 Å². The molecule has 0 N–H and O–H groups in total. The third kappa shape index (κ3) is 1.35. The Labute approximate surface area is 69.4 Å². The summed E-state index contributed by atoms with van der Waals surface area (Å²) >= 11 is 0. The van der Waals surface area contributed by atoms with Gasteiger partial charge in [-0.05, 0) is 13.0 Å². The molecule has 1 aromatic rings. The van der Waals surface area contributed by atoms with Gasteiger partial charge in [0.15, 0.2) is 0 Å². The number of hydrogen-bond acceptors (Lipinski definition) is 0. The first-order valence-electron chi connectivity index (χ1n) is 3.77. The van der Waals surface area contributed by atoms with Crippen molar-refractivity contribution in [2.45, 2.75) is 6.92 Å². The highest BCUT2D eigenvalue weighted by Gasteiger charge is 2.04. The summed E-state index contributed by atoms with van der Waals surface area (Å²) in [6, 6.07) is 1.59. The summed E-state index contributed by atoms with van der Waals surface area (Å²) in [4.78, 5) is 0. The normalized spacial score (nSPS) is 10.0. The van der Waals surface area contributed by atoms with Crippen LogP contribution in [0.1, 0.15) is 5.56 Å². The van der Waals surface area contributed by atoms with Crippen LogP contribution in [0.15, 0.2) is 6.07 Å². The first kappa shape index (κ1) is 8.44. The molecule has 1 rings (SSSR count). The highest BCUT2D eigenvalue weighted by Crippen LogP contribution is 1.90. The van der Waals surface area contributed by atoms with E-state index in [-0.39, 0.29) is 5.82 Å². The van der Waals surface area contributed by atoms with E-state index in [0.717, 1.165) is 16.4 Å². The fraction of sp³-hybridized carbons (Fsp3) is 0.143. The summed E-state index contributed by atoms with van der Waals surface area (Å²) in [5.41, 5.74) is 4.07. The van der Waals surface area contributed by atoms with Crippen LogP contribution in [0.5, 0.6) is 0 Å². The van der Waals surface area contributed by atoms with Gasteiger partial charge in [-0.25, -0.2) is 4.39 Å². The lowest BCUT2D eigenvalue weighted by Crippen LogP contribution is -2.36. The molecular formula is C7H10B3F. The number of hydrogen-bond donors (Lipinski definition) is 0. The minimum Gasteiger partial charge on any atom is -0.208 e. The maximum absolute atomic E-state index is 13.0. The molecule has 0 aliphatic carbocycles. The van der Waals surface area contributed by atoms with E-state index in [9.17, 15) is 4.39 Å². The molecule has 0 saturated heterocycles. The molecule has 1 aromatic carbocycles. The molecular weight excluding hydrogens is 136 g/mol. The average Bonchev–Trinajstić information content (AvgIpc) is 1.97. The Morgan fingerprint density at radius 2 is 1.73 bits per heavy atom. The van der Waals surface area contributed by atoms with Gasteiger partial charge in [0, 0.05) is 0 Å². The van der Waals surface area contributed by atoms with E-state index in [1.54, 1.807) is 6.07 Å². The lowest BCUT2D eigenvalue weighted by molar-refractivity contribution is 0.637. The van der Waals surface area contributed by atoms with Crippen molar-refractivity contribution in [1.82, 2.24) is 0 Å². The monoisotopic (exact) mass is 146 g/mol. The summed E-state index contributed by atoms with van der Waals surface area (Å²) in [5.74, 6) is -0.0920. The fourth-order valence-corrected chi connectivity index (χ4v) is 1.16. The predicted molar refractivity (Wildman–Crippen MR) is 55.7 cm³/mol. The Balaban J connectivity index is 3.46. The molecule has 0 unspecified atom stereocenters. The van der Waals surface area contributed by atoms with Crippen LogP contribution in [-0.2, 0) is 0 Å². The molecule has 0 amide bonds. The number of rotatable bonds is 0. The van der Waals surface area contributed by atoms with Crippen molar-refractivity contribution in [3.63, 3.8) is 0 Å². The van der Waals surface area contributed by atoms with Crippen molar-refractivity contribution >= 4 is 39.9 Å². The van der Waals surface area contributed by atoms with Crippen molar-refractivity contribution in [2.24, 2.45) is 0 Å². The lowest BCUT2D eigenvalue weighted by Gasteiger charge is -2.09. The Bertz CT molecular complexity index is 270. The average molecular weight is 146 g/mol. The molecule has 0 spiro atoms. The summed E-state index contributed by atoms with van der Waals surface area (Å²) in [6.45, 7) is 2.02. The van der Waals surface area contributed by atoms with Crippen molar-refractivity contribution in [2.75, 3.05) is 0 Å². The maximum Gasteiger partial charge on any atom is 0.142 e. The molecule has 0 radical (unpaired) electrons. The molecule has 0 fully saturated rings. The van der Waals surface area contributed by atoms with Gasteiger partial charge in [0.1, 0.15) is 29.4 Å². The molecule has 0 aliphatic rings. The largest absolute Gasteiger partial charge is 0.208 e. The molecule has 0 aromatic heterocycles. The van der Waals surface area contributed by atoms with Crippen LogP contribution in [0, 0.1) is 12.7 Å². The first-order valence-corrected chi connectivity index (χ1v) is 3.77. The van der Waals surface area contributed by atoms with Crippen LogP contribution in [0.3, 0.4) is 0 Å². The molecule has 0 aliphatic heterocycles. The second-order valence-corrected chi connectivity index (χ2v) is 3.05. The van der Waals surface area contributed by atoms with Crippen LogP contribution in [0.25, 0.3) is 0 Å². The summed E-state index contributed by atoms with van der Waals surface area (Å²) in [5, 5.41) is 0. The Kier molecular flexibility index (Phi) is 2.12. The topological polar surface area (TPSA) is 0 Å². The molecule has 0 saturated carbocycles. The number of halogens is 1. The van der Waals surface area contributed by atoms with Crippen LogP contribution >= 0.6 is 0 Å². The minimum absolute atomic E-state index is 0.0920. The van der Waals surface area contributed by atoms with Gasteiger partial charge in [-0.2, -0.15) is 0 Å². The summed E-state index contributed by atoms with van der Waals surface area (Å²) in [7, 11) is 5.71. The zero-order valence-corrected chi connectivity index (χ0v) is 7.46. The second-order valence-electron chi connectivity index (χ2n) is 3.05. The summed E-state index contributed by atoms with van der Waals surface area (Å²) in [6.07, 6.45) is 0. The van der Waals surface area contributed by atoms with Crippen LogP contribution in [-0.4, -0.2) is 23.5 Å². The molecule has 4 heteroatoms. The highest BCUT2D eigenvalue weighted by atomic mass is 19.1. The highest BCUT2D eigenvalue weighted by molar-refractivity contribution is 6.51. The molecule has 0 nitrogen and oxygen atoms in total. The van der Waals surface area contributed by atoms with E-state index >= 15 is 0 Å². The van der Waals surface area contributed by atoms with Crippen molar-refractivity contribution in [3.05, 3.63) is 17.4 Å². The van der Waals surface area contributed by atoms with Gasteiger partial charge in [-0.1, -0.05) is 22.0 Å². The third-order valence-electron chi connectivity index (χ3n) is 2.42. The molecule has 0 bridgehead atoms. The van der Waals surface area contributed by atoms with Gasteiger partial charge in [0.05, 0.1) is 0 Å². The number of benzene rings is 1. The Hall–Kier alpha value is -0.655. The zero-order valence-electron chi connectivity index (χ0n) is 7.46. The molecule has 0 atom stereocenters. The van der Waals surface area contributed by atoms with Gasteiger partial charge in [-0.15, -0.1) is 0 Å². The van der Waals surface area contributed by atoms with E-state index in [2.05, 4.69) is 0 Å². The van der Waals surface area contributed by atoms with Crippen LogP contribution in [0.2, 0.25) is 0 Å². The van der Waals surface area contributed by atoms with Crippen molar-refractivity contribution in [3.8, 4) is 0 Å². The lowest BCUT2D eigenvalue weighted by atomic mass is 9.73. The zero-order chi connectivity index (χ0) is 8.59. The van der Waals surface area contributed by atoms with Crippen molar-refractivity contribution in [1.29, 1.82) is 0 Å². The minimum atomic E-state index is -0.0920. The van der Waals surface area contributed by atoms with E-state index in [0.29, 0.717) is 0 Å². The molecule has 11 heavy (non-hydrogen) atoms. The SMILES string of the molecule is Bc1cc(F)c(B)c(B)c1C. The van der Waals surface area contributed by atoms with E-state index < -0.39 is 0 Å².